The molecule has 1 aromatic rings. The Labute approximate surface area is 155 Å². The maximum Gasteiger partial charge on any atom is 0.275 e. The van der Waals surface area contributed by atoms with Gasteiger partial charge in [0.25, 0.3) is 5.91 Å². The highest BCUT2D eigenvalue weighted by Crippen LogP contribution is 2.07. The number of ether oxygens (including phenoxy) is 1. The summed E-state index contributed by atoms with van der Waals surface area (Å²) in [7, 11) is 1.83. The van der Waals surface area contributed by atoms with Gasteiger partial charge in [-0.05, 0) is 6.92 Å². The number of carbonyl (C=O) groups is 1. The molecule has 0 saturated carbocycles. The second-order valence-electron chi connectivity index (χ2n) is 7.14. The molecule has 0 aliphatic carbocycles. The van der Waals surface area contributed by atoms with Crippen LogP contribution < -0.4 is 5.32 Å². The van der Waals surface area contributed by atoms with Gasteiger partial charge in [0, 0.05) is 65.4 Å². The van der Waals surface area contributed by atoms with Crippen molar-refractivity contribution >= 4 is 5.91 Å². The van der Waals surface area contributed by atoms with Gasteiger partial charge in [-0.1, -0.05) is 5.21 Å². The Kier molecular flexibility index (Phi) is 6.95. The molecule has 0 bridgehead atoms. The van der Waals surface area contributed by atoms with Crippen LogP contribution in [0.1, 0.15) is 17.4 Å². The Morgan fingerprint density at radius 1 is 1.27 bits per heavy atom. The first-order chi connectivity index (χ1) is 12.6. The van der Waals surface area contributed by atoms with Crippen molar-refractivity contribution in [3.05, 3.63) is 11.9 Å². The molecule has 2 aliphatic heterocycles. The van der Waals surface area contributed by atoms with E-state index < -0.39 is 0 Å². The Bertz CT molecular complexity index is 567. The minimum absolute atomic E-state index is 0.0708. The minimum Gasteiger partial charge on any atom is -0.379 e. The van der Waals surface area contributed by atoms with Gasteiger partial charge < -0.3 is 15.0 Å². The second kappa shape index (κ2) is 9.40. The summed E-state index contributed by atoms with van der Waals surface area (Å²) < 4.78 is 7.16. The van der Waals surface area contributed by atoms with E-state index in [2.05, 4.69) is 32.4 Å². The summed E-state index contributed by atoms with van der Waals surface area (Å²) in [4.78, 5) is 19.1. The zero-order chi connectivity index (χ0) is 18.4. The third-order valence-corrected chi connectivity index (χ3v) is 5.17. The molecule has 3 heterocycles. The Morgan fingerprint density at radius 2 is 2.00 bits per heavy atom. The fraction of sp³-hybridized carbons (Fsp3) is 0.824. The molecule has 1 atom stereocenters. The predicted molar refractivity (Wildman–Crippen MR) is 98.1 cm³/mol. The molecular weight excluding hydrogens is 334 g/mol. The molecule has 0 radical (unpaired) electrons. The lowest BCUT2D eigenvalue weighted by Crippen LogP contribution is -2.47. The molecule has 26 heavy (non-hydrogen) atoms. The number of nitrogens with one attached hydrogen (secondary N) is 1. The molecule has 1 aromatic heterocycles. The lowest BCUT2D eigenvalue weighted by atomic mass is 10.2. The van der Waals surface area contributed by atoms with E-state index in [1.165, 1.54) is 0 Å². The largest absolute Gasteiger partial charge is 0.379 e. The quantitative estimate of drug-likeness (QED) is 0.662. The van der Waals surface area contributed by atoms with Gasteiger partial charge >= 0.3 is 0 Å². The SMILES string of the molecule is CC(CN(C)C(=O)c1cn(CCN2CCNCC2)nn1)N1CCOCC1. The van der Waals surface area contributed by atoms with Crippen molar-refractivity contribution in [3.63, 3.8) is 0 Å². The van der Waals surface area contributed by atoms with Crippen molar-refractivity contribution in [1.82, 2.24) is 35.0 Å². The van der Waals surface area contributed by atoms with Crippen molar-refractivity contribution in [2.75, 3.05) is 72.6 Å². The average molecular weight is 365 g/mol. The molecule has 0 spiro atoms. The second-order valence-corrected chi connectivity index (χ2v) is 7.14. The normalized spacial score (nSPS) is 20.8. The van der Waals surface area contributed by atoms with E-state index in [1.54, 1.807) is 15.8 Å². The number of carbonyl (C=O) groups excluding carboxylic acids is 1. The van der Waals surface area contributed by atoms with Gasteiger partial charge in [0.2, 0.25) is 0 Å². The van der Waals surface area contributed by atoms with Crippen molar-refractivity contribution in [2.45, 2.75) is 19.5 Å². The number of morpholine rings is 1. The molecular formula is C17H31N7O2. The Morgan fingerprint density at radius 3 is 2.73 bits per heavy atom. The van der Waals surface area contributed by atoms with Crippen LogP contribution in [0.4, 0.5) is 0 Å². The van der Waals surface area contributed by atoms with Crippen LogP contribution in [0.5, 0.6) is 0 Å². The summed E-state index contributed by atoms with van der Waals surface area (Å²) in [5.74, 6) is -0.0708. The molecule has 2 fully saturated rings. The molecule has 2 aliphatic rings. The fourth-order valence-corrected chi connectivity index (χ4v) is 3.49. The highest BCUT2D eigenvalue weighted by Gasteiger charge is 2.22. The lowest BCUT2D eigenvalue weighted by Gasteiger charge is -2.34. The third kappa shape index (κ3) is 5.23. The van der Waals surface area contributed by atoms with Gasteiger partial charge in [-0.25, -0.2) is 0 Å². The monoisotopic (exact) mass is 365 g/mol. The topological polar surface area (TPSA) is 78.8 Å². The van der Waals surface area contributed by atoms with Crippen molar-refractivity contribution in [1.29, 1.82) is 0 Å². The van der Waals surface area contributed by atoms with Gasteiger partial charge in [-0.15, -0.1) is 5.10 Å². The average Bonchev–Trinajstić information content (AvgIpc) is 3.16. The number of hydrogen-bond acceptors (Lipinski definition) is 7. The minimum atomic E-state index is -0.0708. The van der Waals surface area contributed by atoms with Gasteiger partial charge in [0.1, 0.15) is 0 Å². The van der Waals surface area contributed by atoms with Crippen molar-refractivity contribution in [2.24, 2.45) is 0 Å². The van der Waals surface area contributed by atoms with E-state index in [1.807, 2.05) is 7.05 Å². The van der Waals surface area contributed by atoms with E-state index in [4.69, 9.17) is 4.74 Å². The Hall–Kier alpha value is -1.55. The summed E-state index contributed by atoms with van der Waals surface area (Å²) in [5.41, 5.74) is 0.419. The molecule has 0 aromatic carbocycles. The Balaban J connectivity index is 1.46. The standard InChI is InChI=1S/C17H31N7O2/c1-15(23-9-11-26-12-10-23)13-21(2)17(25)16-14-24(20-19-16)8-7-22-5-3-18-4-6-22/h14-15,18H,3-13H2,1-2H3. The van der Waals surface area contributed by atoms with Crippen LogP contribution in [0, 0.1) is 0 Å². The van der Waals surface area contributed by atoms with Gasteiger partial charge in [-0.3, -0.25) is 19.3 Å². The van der Waals surface area contributed by atoms with E-state index in [-0.39, 0.29) is 5.91 Å². The number of rotatable bonds is 7. The molecule has 3 rings (SSSR count). The van der Waals surface area contributed by atoms with Crippen molar-refractivity contribution < 1.29 is 9.53 Å². The van der Waals surface area contributed by atoms with Crippen LogP contribution >= 0.6 is 0 Å². The molecule has 9 nitrogen and oxygen atoms in total. The first-order valence-electron chi connectivity index (χ1n) is 9.54. The molecule has 2 saturated heterocycles. The third-order valence-electron chi connectivity index (χ3n) is 5.17. The smallest absolute Gasteiger partial charge is 0.275 e. The molecule has 146 valence electrons. The number of likely N-dealkylation sites (N-methyl/N-ethyl adjacent to an activating group) is 1. The molecule has 9 heteroatoms. The van der Waals surface area contributed by atoms with E-state index in [0.29, 0.717) is 18.3 Å². The molecule has 1 amide bonds. The number of aromatic nitrogens is 3. The predicted octanol–water partition coefficient (Wildman–Crippen LogP) is -1.02. The summed E-state index contributed by atoms with van der Waals surface area (Å²) in [6.07, 6.45) is 1.76. The van der Waals surface area contributed by atoms with Crippen LogP contribution in [0.15, 0.2) is 6.20 Å². The van der Waals surface area contributed by atoms with E-state index in [0.717, 1.165) is 65.6 Å². The highest BCUT2D eigenvalue weighted by molar-refractivity contribution is 5.91. The maximum absolute atomic E-state index is 12.6. The first kappa shape index (κ1) is 19.2. The summed E-state index contributed by atoms with van der Waals surface area (Å²) in [5, 5.41) is 11.5. The van der Waals surface area contributed by atoms with Crippen molar-refractivity contribution in [3.8, 4) is 0 Å². The molecule has 1 N–H and O–H groups in total. The maximum atomic E-state index is 12.6. The van der Waals surface area contributed by atoms with E-state index in [9.17, 15) is 4.79 Å². The zero-order valence-electron chi connectivity index (χ0n) is 15.9. The fourth-order valence-electron chi connectivity index (χ4n) is 3.49. The van der Waals surface area contributed by atoms with Crippen LogP contribution in [0.3, 0.4) is 0 Å². The van der Waals surface area contributed by atoms with E-state index >= 15 is 0 Å². The lowest BCUT2D eigenvalue weighted by molar-refractivity contribution is 0.0142. The summed E-state index contributed by atoms with van der Waals surface area (Å²) in [6.45, 7) is 12.1. The van der Waals surface area contributed by atoms with Crippen LogP contribution in [-0.4, -0.2) is 114 Å². The number of nitrogens with zero attached hydrogens (tertiary/aromatic N) is 6. The molecule has 1 unspecified atom stereocenters. The first-order valence-corrected chi connectivity index (χ1v) is 9.54. The van der Waals surface area contributed by atoms with Crippen LogP contribution in [-0.2, 0) is 11.3 Å². The van der Waals surface area contributed by atoms with Gasteiger partial charge in [-0.2, -0.15) is 0 Å². The number of hydrogen-bond donors (Lipinski definition) is 1. The number of amides is 1. The highest BCUT2D eigenvalue weighted by atomic mass is 16.5. The van der Waals surface area contributed by atoms with Gasteiger partial charge in [0.15, 0.2) is 5.69 Å². The summed E-state index contributed by atoms with van der Waals surface area (Å²) in [6, 6.07) is 0.301. The number of piperazine rings is 1. The zero-order valence-corrected chi connectivity index (χ0v) is 15.9. The van der Waals surface area contributed by atoms with Crippen LogP contribution in [0.25, 0.3) is 0 Å². The summed E-state index contributed by atoms with van der Waals surface area (Å²) >= 11 is 0. The van der Waals surface area contributed by atoms with Gasteiger partial charge in [0.05, 0.1) is 26.0 Å². The van der Waals surface area contributed by atoms with Crippen LogP contribution in [0.2, 0.25) is 0 Å².